The number of anilines is 1. The Labute approximate surface area is 218 Å². The van der Waals surface area contributed by atoms with Crippen molar-refractivity contribution in [3.63, 3.8) is 0 Å². The molecular weight excluding hydrogens is 512 g/mol. The van der Waals surface area contributed by atoms with Crippen LogP contribution in [0.4, 0.5) is 10.6 Å². The lowest BCUT2D eigenvalue weighted by atomic mass is 10.2. The average Bonchev–Trinajstić information content (AvgIpc) is 3.31. The number of carbonyl (C=O) groups is 1. The Morgan fingerprint density at radius 3 is 2.50 bits per heavy atom. The smallest absolute Gasteiger partial charge is 0.412 e. The van der Waals surface area contributed by atoms with E-state index in [9.17, 15) is 20.0 Å². The first-order chi connectivity index (χ1) is 17.5. The summed E-state index contributed by atoms with van der Waals surface area (Å²) in [6.45, 7) is 11.3. The predicted molar refractivity (Wildman–Crippen MR) is 142 cm³/mol. The monoisotopic (exact) mass is 546 g/mol. The number of hydrogen-bond donors (Lipinski definition) is 2. The molecule has 13 nitrogen and oxygen atoms in total. The third-order valence-electron chi connectivity index (χ3n) is 3.86. The van der Waals surface area contributed by atoms with Gasteiger partial charge in [0.25, 0.3) is 5.09 Å². The van der Waals surface area contributed by atoms with Gasteiger partial charge >= 0.3 is 6.09 Å². The number of amides is 1. The fourth-order valence-electron chi connectivity index (χ4n) is 2.27. The Balaban J connectivity index is 0.00000185. The van der Waals surface area contributed by atoms with E-state index in [4.69, 9.17) is 9.47 Å². The van der Waals surface area contributed by atoms with Crippen molar-refractivity contribution in [3.05, 3.63) is 48.1 Å². The number of methoxy groups -OCH3 is 1. The number of rotatable bonds is 15. The maximum Gasteiger partial charge on any atom is 0.412 e. The highest BCUT2D eigenvalue weighted by atomic mass is 33.1. The molecule has 0 radical (unpaired) electrons. The second-order valence-corrected chi connectivity index (χ2v) is 8.80. The number of aliphatic hydroxyl groups is 1. The molecule has 0 fully saturated rings. The van der Waals surface area contributed by atoms with Crippen LogP contribution < -0.4 is 5.32 Å². The van der Waals surface area contributed by atoms with Crippen LogP contribution >= 0.6 is 21.6 Å². The van der Waals surface area contributed by atoms with Crippen molar-refractivity contribution in [2.24, 2.45) is 0 Å². The number of carbonyl (C=O) groups excluding carboxylic acids is 1. The molecule has 0 aliphatic heterocycles. The number of ether oxygens (including phenoxy) is 2. The summed E-state index contributed by atoms with van der Waals surface area (Å²) in [5.74, 6) is 1.19. The van der Waals surface area contributed by atoms with Gasteiger partial charge in [0, 0.05) is 25.2 Å². The molecule has 0 aromatic carbocycles. The van der Waals surface area contributed by atoms with Gasteiger partial charge in [-0.1, -0.05) is 60.7 Å². The zero-order valence-electron chi connectivity index (χ0n) is 20.7. The number of nitrogens with zero attached hydrogens (tertiary/aromatic N) is 5. The minimum atomic E-state index is -0.836. The van der Waals surface area contributed by atoms with Gasteiger partial charge < -0.3 is 24.0 Å². The van der Waals surface area contributed by atoms with E-state index in [1.165, 1.54) is 35.0 Å². The summed E-state index contributed by atoms with van der Waals surface area (Å²) in [6.07, 6.45) is 5.78. The van der Waals surface area contributed by atoms with Crippen molar-refractivity contribution in [2.45, 2.75) is 32.9 Å². The lowest BCUT2D eigenvalue weighted by molar-refractivity contribution is -0.756. The number of hydrogen-bond acceptors (Lipinski definition) is 12. The highest BCUT2D eigenvalue weighted by molar-refractivity contribution is 8.76. The fraction of sp³-hybridized carbons (Fsp3) is 0.524. The average molecular weight is 547 g/mol. The zero-order valence-corrected chi connectivity index (χ0v) is 22.3. The molecule has 2 N–H and O–H groups in total. The first-order valence-electron chi connectivity index (χ1n) is 10.9. The molecule has 1 amide bonds. The maximum absolute atomic E-state index is 12.0. The summed E-state index contributed by atoms with van der Waals surface area (Å²) in [5, 5.41) is 20.9. The van der Waals surface area contributed by atoms with Crippen LogP contribution in [-0.4, -0.2) is 80.3 Å². The molecule has 0 aliphatic rings. The van der Waals surface area contributed by atoms with E-state index >= 15 is 0 Å². The summed E-state index contributed by atoms with van der Waals surface area (Å²) in [6, 6.07) is 0. The standard InChI is InChI=1S/C15H22N6O7S2.C4H6.C2H6/c1-26-11(8-22)2-3-20-10-18-12-13(16-9-17-14(12)20)19-15(23)27-4-6-29-30-7-5-28-21(24)25;1-3-4-2;1-2/h9-11,22H,2-8H2,1H3,(H,16,17,19,23);3-4H,1-2H2;1-2H3/t11-;;/m0../s1. The lowest BCUT2D eigenvalue weighted by Gasteiger charge is -2.12. The topological polar surface area (TPSA) is 164 Å². The van der Waals surface area contributed by atoms with Crippen molar-refractivity contribution < 1.29 is 29.3 Å². The minimum absolute atomic E-state index is 0.00843. The molecule has 2 aromatic heterocycles. The van der Waals surface area contributed by atoms with Gasteiger partial charge in [0.05, 0.1) is 19.0 Å². The molecule has 1 atom stereocenters. The molecule has 202 valence electrons. The molecular formula is C21H34N6O7S2. The Hall–Kier alpha value is -2.88. The molecule has 0 unspecified atom stereocenters. The second-order valence-electron chi connectivity index (χ2n) is 6.09. The summed E-state index contributed by atoms with van der Waals surface area (Å²) in [5.41, 5.74) is 0.958. The van der Waals surface area contributed by atoms with Crippen molar-refractivity contribution >= 4 is 44.7 Å². The number of fused-ring (bicyclic) bond motifs is 1. The predicted octanol–water partition coefficient (Wildman–Crippen LogP) is 3.75. The van der Waals surface area contributed by atoms with Gasteiger partial charge in [-0.2, -0.15) is 0 Å². The van der Waals surface area contributed by atoms with Crippen LogP contribution in [0.15, 0.2) is 38.0 Å². The van der Waals surface area contributed by atoms with Gasteiger partial charge in [-0.05, 0) is 6.42 Å². The van der Waals surface area contributed by atoms with Crippen LogP contribution in [0.3, 0.4) is 0 Å². The third kappa shape index (κ3) is 13.9. The van der Waals surface area contributed by atoms with Gasteiger partial charge in [0.1, 0.15) is 19.5 Å². The molecule has 0 aliphatic carbocycles. The minimum Gasteiger partial charge on any atom is -0.448 e. The SMILES string of the molecule is C=CC=C.CC.CO[C@H](CO)CCn1cnc2c(NC(=O)OCCSSCCO[N+](=O)[O-])ncnc21. The quantitative estimate of drug-likeness (QED) is 0.109. The third-order valence-corrected chi connectivity index (χ3v) is 6.20. The van der Waals surface area contributed by atoms with Crippen LogP contribution in [0.25, 0.3) is 11.2 Å². The van der Waals surface area contributed by atoms with Crippen LogP contribution in [0.2, 0.25) is 0 Å². The summed E-state index contributed by atoms with van der Waals surface area (Å²) in [4.78, 5) is 38.7. The van der Waals surface area contributed by atoms with E-state index in [2.05, 4.69) is 38.3 Å². The van der Waals surface area contributed by atoms with Crippen LogP contribution in [0, 0.1) is 10.1 Å². The van der Waals surface area contributed by atoms with Gasteiger partial charge in [0.2, 0.25) is 0 Å². The largest absolute Gasteiger partial charge is 0.448 e. The Morgan fingerprint density at radius 1 is 1.25 bits per heavy atom. The Bertz CT molecular complexity index is 906. The number of nitrogens with one attached hydrogen (secondary N) is 1. The molecule has 36 heavy (non-hydrogen) atoms. The van der Waals surface area contributed by atoms with Gasteiger partial charge in [-0.3, -0.25) is 5.32 Å². The van der Waals surface area contributed by atoms with Gasteiger partial charge in [0.15, 0.2) is 17.0 Å². The van der Waals surface area contributed by atoms with E-state index in [1.807, 2.05) is 13.8 Å². The zero-order chi connectivity index (χ0) is 27.2. The first kappa shape index (κ1) is 33.1. The normalized spacial score (nSPS) is 10.7. The van der Waals surface area contributed by atoms with E-state index in [1.54, 1.807) is 23.0 Å². The summed E-state index contributed by atoms with van der Waals surface area (Å²) < 4.78 is 12.0. The molecule has 2 heterocycles. The number of aromatic nitrogens is 4. The highest BCUT2D eigenvalue weighted by Gasteiger charge is 2.14. The van der Waals surface area contributed by atoms with E-state index in [-0.39, 0.29) is 31.7 Å². The second kappa shape index (κ2) is 21.4. The maximum atomic E-state index is 12.0. The Morgan fingerprint density at radius 2 is 1.92 bits per heavy atom. The highest BCUT2D eigenvalue weighted by Crippen LogP contribution is 2.21. The lowest BCUT2D eigenvalue weighted by Crippen LogP contribution is -2.18. The van der Waals surface area contributed by atoms with Gasteiger partial charge in [-0.15, -0.1) is 10.1 Å². The molecule has 0 saturated heterocycles. The summed E-state index contributed by atoms with van der Waals surface area (Å²) in [7, 11) is 4.33. The molecule has 0 spiro atoms. The molecule has 0 bridgehead atoms. The van der Waals surface area contributed by atoms with E-state index in [0.717, 1.165) is 0 Å². The van der Waals surface area contributed by atoms with Crippen LogP contribution in [0.1, 0.15) is 20.3 Å². The number of allylic oxidation sites excluding steroid dienone is 2. The van der Waals surface area contributed by atoms with Crippen molar-refractivity contribution in [1.29, 1.82) is 0 Å². The molecule has 2 rings (SSSR count). The van der Waals surface area contributed by atoms with Crippen LogP contribution in [-0.2, 0) is 20.9 Å². The molecule has 2 aromatic rings. The van der Waals surface area contributed by atoms with E-state index in [0.29, 0.717) is 35.6 Å². The number of aryl methyl sites for hydroxylation is 1. The van der Waals surface area contributed by atoms with Crippen molar-refractivity contribution in [2.75, 3.05) is 43.8 Å². The number of imidazole rings is 1. The van der Waals surface area contributed by atoms with Crippen molar-refractivity contribution in [3.8, 4) is 0 Å². The number of aliphatic hydroxyl groups excluding tert-OH is 1. The first-order valence-corrected chi connectivity index (χ1v) is 13.4. The fourth-order valence-corrected chi connectivity index (χ4v) is 3.91. The summed E-state index contributed by atoms with van der Waals surface area (Å²) >= 11 is 0. The molecule has 0 saturated carbocycles. The Kier molecular flexibility index (Phi) is 19.7. The molecule has 15 heteroatoms. The van der Waals surface area contributed by atoms with Gasteiger partial charge in [-0.25, -0.2) is 19.7 Å². The van der Waals surface area contributed by atoms with Crippen LogP contribution in [0.5, 0.6) is 0 Å². The van der Waals surface area contributed by atoms with Crippen molar-refractivity contribution in [1.82, 2.24) is 19.5 Å². The van der Waals surface area contributed by atoms with E-state index < -0.39 is 11.2 Å².